The van der Waals surface area contributed by atoms with Crippen molar-refractivity contribution in [1.82, 2.24) is 4.98 Å². The summed E-state index contributed by atoms with van der Waals surface area (Å²) < 4.78 is 19.0. The summed E-state index contributed by atoms with van der Waals surface area (Å²) in [6.45, 7) is 3.29. The zero-order chi connectivity index (χ0) is 13.5. The zero-order valence-electron chi connectivity index (χ0n) is 10.9. The second kappa shape index (κ2) is 7.09. The molecule has 1 aromatic carbocycles. The van der Waals surface area contributed by atoms with Crippen LogP contribution in [-0.4, -0.2) is 18.1 Å². The third kappa shape index (κ3) is 4.21. The van der Waals surface area contributed by atoms with E-state index in [1.54, 1.807) is 17.4 Å². The first-order valence-corrected chi connectivity index (χ1v) is 7.21. The van der Waals surface area contributed by atoms with Gasteiger partial charge >= 0.3 is 0 Å². The number of anilines is 1. The van der Waals surface area contributed by atoms with Crippen LogP contribution in [0.3, 0.4) is 0 Å². The fourth-order valence-electron chi connectivity index (χ4n) is 1.64. The SMILES string of the molecule is CCCOc1ccc(NCCc2cncs2)cc1F. The fraction of sp³-hybridized carbons (Fsp3) is 0.357. The van der Waals surface area contributed by atoms with Crippen LogP contribution in [0.25, 0.3) is 0 Å². The van der Waals surface area contributed by atoms with Gasteiger partial charge in [0.15, 0.2) is 11.6 Å². The average Bonchev–Trinajstić information content (AvgIpc) is 2.91. The van der Waals surface area contributed by atoms with Crippen LogP contribution in [0.5, 0.6) is 5.75 Å². The van der Waals surface area contributed by atoms with Gasteiger partial charge in [-0.1, -0.05) is 6.92 Å². The first-order valence-electron chi connectivity index (χ1n) is 6.33. The predicted molar refractivity (Wildman–Crippen MR) is 76.5 cm³/mol. The Morgan fingerprint density at radius 2 is 2.32 bits per heavy atom. The van der Waals surface area contributed by atoms with Gasteiger partial charge in [-0.3, -0.25) is 4.98 Å². The molecule has 19 heavy (non-hydrogen) atoms. The fourth-order valence-corrected chi connectivity index (χ4v) is 2.23. The highest BCUT2D eigenvalue weighted by Gasteiger charge is 2.04. The van der Waals surface area contributed by atoms with E-state index < -0.39 is 0 Å². The van der Waals surface area contributed by atoms with E-state index in [2.05, 4.69) is 10.3 Å². The summed E-state index contributed by atoms with van der Waals surface area (Å²) in [5, 5.41) is 3.19. The number of hydrogen-bond acceptors (Lipinski definition) is 4. The molecule has 0 bridgehead atoms. The predicted octanol–water partition coefficient (Wildman–Crippen LogP) is 3.73. The van der Waals surface area contributed by atoms with Gasteiger partial charge in [-0.2, -0.15) is 0 Å². The van der Waals surface area contributed by atoms with E-state index in [1.807, 2.05) is 24.7 Å². The number of rotatable bonds is 7. The number of nitrogens with zero attached hydrogens (tertiary/aromatic N) is 1. The molecule has 102 valence electrons. The van der Waals surface area contributed by atoms with Gasteiger partial charge in [0.1, 0.15) is 0 Å². The van der Waals surface area contributed by atoms with E-state index >= 15 is 0 Å². The Kier molecular flexibility index (Phi) is 5.15. The summed E-state index contributed by atoms with van der Waals surface area (Å²) in [6, 6.07) is 4.97. The molecule has 3 nitrogen and oxygen atoms in total. The number of hydrogen-bond donors (Lipinski definition) is 1. The minimum atomic E-state index is -0.323. The number of aromatic nitrogens is 1. The molecule has 0 unspecified atom stereocenters. The minimum Gasteiger partial charge on any atom is -0.491 e. The van der Waals surface area contributed by atoms with Gasteiger partial charge in [0.2, 0.25) is 0 Å². The third-order valence-electron chi connectivity index (χ3n) is 2.58. The Morgan fingerprint density at radius 1 is 1.42 bits per heavy atom. The zero-order valence-corrected chi connectivity index (χ0v) is 11.7. The van der Waals surface area contributed by atoms with Crippen molar-refractivity contribution in [2.45, 2.75) is 19.8 Å². The minimum absolute atomic E-state index is 0.315. The number of benzene rings is 1. The lowest BCUT2D eigenvalue weighted by atomic mass is 10.2. The summed E-state index contributed by atoms with van der Waals surface area (Å²) in [4.78, 5) is 5.23. The highest BCUT2D eigenvalue weighted by atomic mass is 32.1. The van der Waals surface area contributed by atoms with E-state index in [9.17, 15) is 4.39 Å². The number of nitrogens with one attached hydrogen (secondary N) is 1. The number of halogens is 1. The van der Waals surface area contributed by atoms with Gasteiger partial charge in [-0.25, -0.2) is 4.39 Å². The summed E-state index contributed by atoms with van der Waals surface area (Å²) in [7, 11) is 0. The van der Waals surface area contributed by atoms with Crippen molar-refractivity contribution in [2.24, 2.45) is 0 Å². The summed E-state index contributed by atoms with van der Waals surface area (Å²) >= 11 is 1.63. The van der Waals surface area contributed by atoms with Crippen molar-refractivity contribution in [2.75, 3.05) is 18.5 Å². The van der Waals surface area contributed by atoms with Crippen LogP contribution in [-0.2, 0) is 6.42 Å². The highest BCUT2D eigenvalue weighted by Crippen LogP contribution is 2.21. The molecular weight excluding hydrogens is 263 g/mol. The standard InChI is InChI=1S/C14H17FN2OS/c1-2-7-18-14-4-3-11(8-13(14)15)17-6-5-12-9-16-10-19-12/h3-4,8-10,17H,2,5-7H2,1H3. The van der Waals surface area contributed by atoms with Crippen molar-refractivity contribution in [3.63, 3.8) is 0 Å². The molecule has 0 radical (unpaired) electrons. The van der Waals surface area contributed by atoms with E-state index in [4.69, 9.17) is 4.74 Å². The topological polar surface area (TPSA) is 34.1 Å². The molecular formula is C14H17FN2OS. The van der Waals surface area contributed by atoms with Crippen molar-refractivity contribution in [1.29, 1.82) is 0 Å². The Morgan fingerprint density at radius 3 is 3.00 bits per heavy atom. The van der Waals surface area contributed by atoms with Gasteiger partial charge in [0, 0.05) is 35.8 Å². The lowest BCUT2D eigenvalue weighted by Gasteiger charge is -2.09. The van der Waals surface area contributed by atoms with Crippen LogP contribution in [0.2, 0.25) is 0 Å². The number of ether oxygens (including phenoxy) is 1. The van der Waals surface area contributed by atoms with Gasteiger partial charge in [0.25, 0.3) is 0 Å². The van der Waals surface area contributed by atoms with Crippen molar-refractivity contribution in [3.05, 3.63) is 40.6 Å². The first-order chi connectivity index (χ1) is 9.29. The maximum absolute atomic E-state index is 13.7. The molecule has 2 rings (SSSR count). The Hall–Kier alpha value is -1.62. The molecule has 0 atom stereocenters. The van der Waals surface area contributed by atoms with Crippen molar-refractivity contribution >= 4 is 17.0 Å². The van der Waals surface area contributed by atoms with Crippen LogP contribution in [0, 0.1) is 5.82 Å². The van der Waals surface area contributed by atoms with Gasteiger partial charge in [-0.05, 0) is 18.6 Å². The van der Waals surface area contributed by atoms with Crippen LogP contribution in [0.15, 0.2) is 29.9 Å². The summed E-state index contributed by atoms with van der Waals surface area (Å²) in [5.74, 6) is -0.00824. The second-order valence-electron chi connectivity index (χ2n) is 4.14. The molecule has 0 saturated heterocycles. The molecule has 0 amide bonds. The monoisotopic (exact) mass is 280 g/mol. The Balaban J connectivity index is 1.85. The Bertz CT molecular complexity index is 502. The molecule has 1 N–H and O–H groups in total. The van der Waals surface area contributed by atoms with E-state index in [0.717, 1.165) is 25.1 Å². The maximum Gasteiger partial charge on any atom is 0.167 e. The molecule has 0 aliphatic carbocycles. The molecule has 2 aromatic rings. The van der Waals surface area contributed by atoms with Crippen LogP contribution in [0.4, 0.5) is 10.1 Å². The largest absolute Gasteiger partial charge is 0.491 e. The molecule has 0 aliphatic rings. The molecule has 1 aromatic heterocycles. The van der Waals surface area contributed by atoms with Crippen LogP contribution in [0.1, 0.15) is 18.2 Å². The average molecular weight is 280 g/mol. The normalized spacial score (nSPS) is 10.4. The molecule has 5 heteroatoms. The lowest BCUT2D eigenvalue weighted by Crippen LogP contribution is -2.05. The molecule has 0 saturated carbocycles. The first kappa shape index (κ1) is 13.8. The van der Waals surface area contributed by atoms with E-state index in [0.29, 0.717) is 12.4 Å². The summed E-state index contributed by atoms with van der Waals surface area (Å²) in [5.41, 5.74) is 2.58. The van der Waals surface area contributed by atoms with Crippen molar-refractivity contribution < 1.29 is 9.13 Å². The molecule has 0 fully saturated rings. The molecule has 0 aliphatic heterocycles. The highest BCUT2D eigenvalue weighted by molar-refractivity contribution is 7.09. The van der Waals surface area contributed by atoms with Crippen LogP contribution < -0.4 is 10.1 Å². The van der Waals surface area contributed by atoms with Gasteiger partial charge in [-0.15, -0.1) is 11.3 Å². The second-order valence-corrected chi connectivity index (χ2v) is 5.11. The van der Waals surface area contributed by atoms with E-state index in [-0.39, 0.29) is 5.82 Å². The lowest BCUT2D eigenvalue weighted by molar-refractivity contribution is 0.301. The van der Waals surface area contributed by atoms with Gasteiger partial charge in [0.05, 0.1) is 12.1 Å². The molecule has 0 spiro atoms. The van der Waals surface area contributed by atoms with E-state index in [1.165, 1.54) is 10.9 Å². The third-order valence-corrected chi connectivity index (χ3v) is 3.42. The maximum atomic E-state index is 13.7. The number of thiazole rings is 1. The summed E-state index contributed by atoms with van der Waals surface area (Å²) in [6.07, 6.45) is 3.61. The Labute approximate surface area is 116 Å². The van der Waals surface area contributed by atoms with Crippen LogP contribution >= 0.6 is 11.3 Å². The smallest absolute Gasteiger partial charge is 0.167 e. The van der Waals surface area contributed by atoms with Gasteiger partial charge < -0.3 is 10.1 Å². The molecule has 1 heterocycles. The van der Waals surface area contributed by atoms with Crippen molar-refractivity contribution in [3.8, 4) is 5.75 Å². The quantitative estimate of drug-likeness (QED) is 0.839.